The van der Waals surface area contributed by atoms with Gasteiger partial charge in [-0.25, -0.2) is 0 Å². The van der Waals surface area contributed by atoms with Crippen LogP contribution in [0.15, 0.2) is 53.5 Å². The van der Waals surface area contributed by atoms with Crippen molar-refractivity contribution in [2.24, 2.45) is 0 Å². The van der Waals surface area contributed by atoms with E-state index in [2.05, 4.69) is 30.1 Å². The summed E-state index contributed by atoms with van der Waals surface area (Å²) >= 11 is 0. The zero-order chi connectivity index (χ0) is 13.4. The van der Waals surface area contributed by atoms with Crippen molar-refractivity contribution in [3.8, 4) is 11.1 Å². The fourth-order valence-corrected chi connectivity index (χ4v) is 2.38. The smallest absolute Gasteiger partial charge is 0.255 e. The Balaban J connectivity index is 2.42. The second kappa shape index (κ2) is 4.39. The molecular formula is C17H15NO. The summed E-state index contributed by atoms with van der Waals surface area (Å²) < 4.78 is 0. The SMILES string of the molecule is Cc1cc2c(-c3ccccc3)c[nH]c(=O)c2cc1C. The molecule has 2 nitrogen and oxygen atoms in total. The lowest BCUT2D eigenvalue weighted by molar-refractivity contribution is 1.26. The van der Waals surface area contributed by atoms with E-state index in [1.807, 2.05) is 31.2 Å². The van der Waals surface area contributed by atoms with Crippen LogP contribution in [0, 0.1) is 13.8 Å². The van der Waals surface area contributed by atoms with Crippen LogP contribution in [-0.2, 0) is 0 Å². The van der Waals surface area contributed by atoms with Gasteiger partial charge in [0.1, 0.15) is 0 Å². The molecule has 3 rings (SSSR count). The van der Waals surface area contributed by atoms with Crippen molar-refractivity contribution in [3.05, 3.63) is 70.1 Å². The second-order valence-electron chi connectivity index (χ2n) is 4.88. The summed E-state index contributed by atoms with van der Waals surface area (Å²) in [6.07, 6.45) is 1.80. The van der Waals surface area contributed by atoms with Gasteiger partial charge in [-0.2, -0.15) is 0 Å². The Kier molecular flexibility index (Phi) is 2.71. The van der Waals surface area contributed by atoms with Crippen LogP contribution in [0.5, 0.6) is 0 Å². The monoisotopic (exact) mass is 249 g/mol. The highest BCUT2D eigenvalue weighted by atomic mass is 16.1. The van der Waals surface area contributed by atoms with Crippen LogP contribution in [0.25, 0.3) is 21.9 Å². The Morgan fingerprint density at radius 2 is 1.53 bits per heavy atom. The van der Waals surface area contributed by atoms with E-state index in [-0.39, 0.29) is 5.56 Å². The van der Waals surface area contributed by atoms with E-state index in [0.29, 0.717) is 0 Å². The van der Waals surface area contributed by atoms with Crippen LogP contribution in [-0.4, -0.2) is 4.98 Å². The van der Waals surface area contributed by atoms with Crippen molar-refractivity contribution >= 4 is 10.8 Å². The molecule has 1 N–H and O–H groups in total. The number of rotatable bonds is 1. The number of nitrogens with one attached hydrogen (secondary N) is 1. The van der Waals surface area contributed by atoms with Gasteiger partial charge in [0.15, 0.2) is 0 Å². The molecule has 3 aromatic rings. The van der Waals surface area contributed by atoms with Gasteiger partial charge < -0.3 is 4.98 Å². The fraction of sp³-hybridized carbons (Fsp3) is 0.118. The quantitative estimate of drug-likeness (QED) is 0.699. The summed E-state index contributed by atoms with van der Waals surface area (Å²) in [6, 6.07) is 14.2. The van der Waals surface area contributed by atoms with Crippen LogP contribution >= 0.6 is 0 Å². The summed E-state index contributed by atoms with van der Waals surface area (Å²) in [4.78, 5) is 14.8. The average Bonchev–Trinajstić information content (AvgIpc) is 2.42. The molecule has 0 unspecified atom stereocenters. The predicted molar refractivity (Wildman–Crippen MR) is 79.5 cm³/mol. The summed E-state index contributed by atoms with van der Waals surface area (Å²) in [7, 11) is 0. The van der Waals surface area contributed by atoms with Gasteiger partial charge in [-0.3, -0.25) is 4.79 Å². The highest BCUT2D eigenvalue weighted by Crippen LogP contribution is 2.27. The van der Waals surface area contributed by atoms with Crippen molar-refractivity contribution in [1.29, 1.82) is 0 Å². The third-order valence-corrected chi connectivity index (χ3v) is 3.60. The summed E-state index contributed by atoms with van der Waals surface area (Å²) in [5, 5.41) is 1.77. The molecule has 0 spiro atoms. The standard InChI is InChI=1S/C17H15NO/c1-11-8-14-15(9-12(11)2)17(19)18-10-16(14)13-6-4-3-5-7-13/h3-10H,1-2H3,(H,18,19). The van der Waals surface area contributed by atoms with Gasteiger partial charge in [-0.05, 0) is 42.0 Å². The maximum Gasteiger partial charge on any atom is 0.255 e. The number of aromatic amines is 1. The van der Waals surface area contributed by atoms with Crippen molar-refractivity contribution < 1.29 is 0 Å². The lowest BCUT2D eigenvalue weighted by Crippen LogP contribution is -2.06. The lowest BCUT2D eigenvalue weighted by Gasteiger charge is -2.09. The molecule has 0 saturated carbocycles. The number of fused-ring (bicyclic) bond motifs is 1. The topological polar surface area (TPSA) is 32.9 Å². The van der Waals surface area contributed by atoms with E-state index < -0.39 is 0 Å². The molecule has 0 aliphatic heterocycles. The molecule has 0 radical (unpaired) electrons. The molecule has 0 amide bonds. The number of H-pyrrole nitrogens is 1. The normalized spacial score (nSPS) is 10.8. The van der Waals surface area contributed by atoms with Crippen molar-refractivity contribution in [3.63, 3.8) is 0 Å². The number of hydrogen-bond acceptors (Lipinski definition) is 1. The number of benzene rings is 2. The summed E-state index contributed by atoms with van der Waals surface area (Å²) in [5.41, 5.74) is 4.50. The Morgan fingerprint density at radius 3 is 2.21 bits per heavy atom. The minimum atomic E-state index is -0.0298. The zero-order valence-electron chi connectivity index (χ0n) is 11.0. The van der Waals surface area contributed by atoms with Gasteiger partial charge in [0.25, 0.3) is 5.56 Å². The minimum Gasteiger partial charge on any atom is -0.328 e. The molecule has 0 aliphatic rings. The Hall–Kier alpha value is -2.35. The van der Waals surface area contributed by atoms with Crippen LogP contribution in [0.4, 0.5) is 0 Å². The number of pyridine rings is 1. The van der Waals surface area contributed by atoms with Gasteiger partial charge in [0.2, 0.25) is 0 Å². The second-order valence-corrected chi connectivity index (χ2v) is 4.88. The molecular weight excluding hydrogens is 234 g/mol. The fourth-order valence-electron chi connectivity index (χ4n) is 2.38. The summed E-state index contributed by atoms with van der Waals surface area (Å²) in [6.45, 7) is 4.11. The highest BCUT2D eigenvalue weighted by molar-refractivity contribution is 5.96. The van der Waals surface area contributed by atoms with Crippen molar-refractivity contribution in [2.75, 3.05) is 0 Å². The molecule has 0 saturated heterocycles. The lowest BCUT2D eigenvalue weighted by atomic mass is 9.97. The molecule has 0 fully saturated rings. The Bertz CT molecular complexity index is 801. The molecule has 0 bridgehead atoms. The minimum absolute atomic E-state index is 0.0298. The van der Waals surface area contributed by atoms with Gasteiger partial charge in [-0.15, -0.1) is 0 Å². The average molecular weight is 249 g/mol. The molecule has 0 atom stereocenters. The van der Waals surface area contributed by atoms with Crippen LogP contribution < -0.4 is 5.56 Å². The highest BCUT2D eigenvalue weighted by Gasteiger charge is 2.08. The van der Waals surface area contributed by atoms with Gasteiger partial charge in [0.05, 0.1) is 0 Å². The van der Waals surface area contributed by atoms with Crippen LogP contribution in [0.2, 0.25) is 0 Å². The van der Waals surface area contributed by atoms with Gasteiger partial charge >= 0.3 is 0 Å². The third-order valence-electron chi connectivity index (χ3n) is 3.60. The maximum atomic E-state index is 12.0. The molecule has 1 aromatic heterocycles. The number of hydrogen-bond donors (Lipinski definition) is 1. The van der Waals surface area contributed by atoms with Crippen LogP contribution in [0.3, 0.4) is 0 Å². The first-order valence-corrected chi connectivity index (χ1v) is 6.35. The maximum absolute atomic E-state index is 12.0. The van der Waals surface area contributed by atoms with E-state index in [4.69, 9.17) is 0 Å². The largest absolute Gasteiger partial charge is 0.328 e. The van der Waals surface area contributed by atoms with Crippen molar-refractivity contribution in [1.82, 2.24) is 4.98 Å². The van der Waals surface area contributed by atoms with E-state index in [1.165, 1.54) is 5.56 Å². The Morgan fingerprint density at radius 1 is 0.895 bits per heavy atom. The number of aromatic nitrogens is 1. The molecule has 2 heteroatoms. The molecule has 0 aliphatic carbocycles. The van der Waals surface area contributed by atoms with E-state index in [0.717, 1.165) is 27.5 Å². The first-order valence-electron chi connectivity index (χ1n) is 6.35. The van der Waals surface area contributed by atoms with Crippen molar-refractivity contribution in [2.45, 2.75) is 13.8 Å². The molecule has 19 heavy (non-hydrogen) atoms. The first kappa shape index (κ1) is 11.7. The van der Waals surface area contributed by atoms with E-state index in [1.54, 1.807) is 6.20 Å². The molecule has 2 aromatic carbocycles. The molecule has 1 heterocycles. The zero-order valence-corrected chi connectivity index (χ0v) is 11.0. The third kappa shape index (κ3) is 1.95. The van der Waals surface area contributed by atoms with Gasteiger partial charge in [0, 0.05) is 17.1 Å². The van der Waals surface area contributed by atoms with E-state index in [9.17, 15) is 4.79 Å². The number of aryl methyl sites for hydroxylation is 2. The predicted octanol–water partition coefficient (Wildman–Crippen LogP) is 3.81. The van der Waals surface area contributed by atoms with Gasteiger partial charge in [-0.1, -0.05) is 36.4 Å². The Labute approximate surface area is 111 Å². The van der Waals surface area contributed by atoms with Crippen LogP contribution in [0.1, 0.15) is 11.1 Å². The van der Waals surface area contributed by atoms with E-state index >= 15 is 0 Å². The molecule has 94 valence electrons. The summed E-state index contributed by atoms with van der Waals surface area (Å²) in [5.74, 6) is 0. The first-order chi connectivity index (χ1) is 9.16.